The van der Waals surface area contributed by atoms with Crippen molar-refractivity contribution in [3.63, 3.8) is 0 Å². The minimum atomic E-state index is -3.76. The third-order valence-corrected chi connectivity index (χ3v) is 4.79. The van der Waals surface area contributed by atoms with Crippen molar-refractivity contribution in [3.8, 4) is 5.75 Å². The third kappa shape index (κ3) is 4.56. The highest BCUT2D eigenvalue weighted by atomic mass is 32.2. The van der Waals surface area contributed by atoms with Crippen LogP contribution in [0, 0.1) is 0 Å². The van der Waals surface area contributed by atoms with Gasteiger partial charge in [-0.25, -0.2) is 13.1 Å². The first kappa shape index (κ1) is 18.0. The van der Waals surface area contributed by atoms with Gasteiger partial charge in [-0.2, -0.15) is 0 Å². The van der Waals surface area contributed by atoms with Gasteiger partial charge in [0.05, 0.1) is 18.0 Å². The minimum Gasteiger partial charge on any atom is -0.494 e. The summed E-state index contributed by atoms with van der Waals surface area (Å²) in [4.78, 5) is 13.6. The fraction of sp³-hybridized carbons (Fsp3) is 0.235. The molecule has 0 saturated carbocycles. The number of nitrogens with one attached hydrogen (secondary N) is 1. The lowest BCUT2D eigenvalue weighted by molar-refractivity contribution is -0.117. The molecule has 128 valence electrons. The summed E-state index contributed by atoms with van der Waals surface area (Å²) in [5.41, 5.74) is 0.697. The molecular weight excluding hydrogens is 328 g/mol. The molecule has 2 aromatic rings. The zero-order valence-electron chi connectivity index (χ0n) is 13.6. The monoisotopic (exact) mass is 348 g/mol. The number of amides is 1. The molecule has 0 fully saturated rings. The number of anilines is 1. The second-order valence-corrected chi connectivity index (χ2v) is 6.78. The molecule has 0 saturated heterocycles. The highest BCUT2D eigenvalue weighted by Gasteiger charge is 2.18. The second-order valence-electron chi connectivity index (χ2n) is 5.02. The summed E-state index contributed by atoms with van der Waals surface area (Å²) < 4.78 is 32.1. The quantitative estimate of drug-likeness (QED) is 0.831. The first-order valence-electron chi connectivity index (χ1n) is 7.48. The number of benzene rings is 2. The number of rotatable bonds is 7. The van der Waals surface area contributed by atoms with Crippen molar-refractivity contribution in [1.29, 1.82) is 0 Å². The average molecular weight is 348 g/mol. The molecule has 2 aromatic carbocycles. The first-order chi connectivity index (χ1) is 11.4. The minimum absolute atomic E-state index is 0.0844. The molecule has 0 aliphatic heterocycles. The molecule has 0 aromatic heterocycles. The number of carbonyl (C=O) groups excluding carboxylic acids is 1. The second kappa shape index (κ2) is 7.94. The van der Waals surface area contributed by atoms with E-state index in [0.717, 1.165) is 0 Å². The van der Waals surface area contributed by atoms with E-state index in [1.54, 1.807) is 31.3 Å². The van der Waals surface area contributed by atoms with Crippen LogP contribution in [0.4, 0.5) is 5.69 Å². The van der Waals surface area contributed by atoms with Crippen LogP contribution in [0.2, 0.25) is 0 Å². The molecule has 0 radical (unpaired) electrons. The van der Waals surface area contributed by atoms with Gasteiger partial charge in [-0.3, -0.25) is 4.79 Å². The Morgan fingerprint density at radius 2 is 1.71 bits per heavy atom. The van der Waals surface area contributed by atoms with Crippen molar-refractivity contribution in [2.24, 2.45) is 0 Å². The van der Waals surface area contributed by atoms with Gasteiger partial charge in [0, 0.05) is 12.7 Å². The number of hydrogen-bond acceptors (Lipinski definition) is 4. The maximum Gasteiger partial charge on any atom is 0.241 e. The molecule has 1 amide bonds. The molecule has 7 heteroatoms. The van der Waals surface area contributed by atoms with E-state index in [1.165, 1.54) is 17.0 Å². The molecular formula is C17H20N2O4S. The van der Waals surface area contributed by atoms with Crippen LogP contribution in [-0.2, 0) is 14.8 Å². The maximum atomic E-state index is 12.2. The van der Waals surface area contributed by atoms with Crippen molar-refractivity contribution in [2.45, 2.75) is 11.8 Å². The van der Waals surface area contributed by atoms with E-state index in [-0.39, 0.29) is 17.3 Å². The van der Waals surface area contributed by atoms with Crippen LogP contribution < -0.4 is 14.4 Å². The van der Waals surface area contributed by atoms with Gasteiger partial charge < -0.3 is 9.64 Å². The largest absolute Gasteiger partial charge is 0.494 e. The molecule has 0 aliphatic carbocycles. The van der Waals surface area contributed by atoms with Crippen LogP contribution in [0.5, 0.6) is 5.75 Å². The van der Waals surface area contributed by atoms with Gasteiger partial charge in [0.1, 0.15) is 5.75 Å². The highest BCUT2D eigenvalue weighted by Crippen LogP contribution is 2.16. The summed E-state index contributed by atoms with van der Waals surface area (Å²) in [5, 5.41) is 0. The molecule has 24 heavy (non-hydrogen) atoms. The van der Waals surface area contributed by atoms with Crippen molar-refractivity contribution >= 4 is 21.6 Å². The van der Waals surface area contributed by atoms with E-state index in [0.29, 0.717) is 18.0 Å². The SMILES string of the molecule is CCOc1ccc(S(=O)(=O)NCC(=O)N(C)c2ccccc2)cc1. The Hall–Kier alpha value is -2.38. The molecule has 6 nitrogen and oxygen atoms in total. The zero-order chi connectivity index (χ0) is 17.6. The maximum absolute atomic E-state index is 12.2. The van der Waals surface area contributed by atoms with E-state index in [2.05, 4.69) is 4.72 Å². The number of hydrogen-bond donors (Lipinski definition) is 1. The third-order valence-electron chi connectivity index (χ3n) is 3.38. The van der Waals surface area contributed by atoms with Gasteiger partial charge in [-0.1, -0.05) is 18.2 Å². The average Bonchev–Trinajstić information content (AvgIpc) is 2.60. The van der Waals surface area contributed by atoms with Gasteiger partial charge in [-0.15, -0.1) is 0 Å². The predicted octanol–water partition coefficient (Wildman–Crippen LogP) is 2.03. The number of sulfonamides is 1. The van der Waals surface area contributed by atoms with E-state index in [1.807, 2.05) is 25.1 Å². The fourth-order valence-electron chi connectivity index (χ4n) is 2.04. The molecule has 0 bridgehead atoms. The molecule has 0 heterocycles. The van der Waals surface area contributed by atoms with Crippen LogP contribution in [0.25, 0.3) is 0 Å². The number of carbonyl (C=O) groups is 1. The zero-order valence-corrected chi connectivity index (χ0v) is 14.4. The van der Waals surface area contributed by atoms with Gasteiger partial charge in [-0.05, 0) is 43.3 Å². The summed E-state index contributed by atoms with van der Waals surface area (Å²) >= 11 is 0. The molecule has 0 atom stereocenters. The Kier molecular flexibility index (Phi) is 5.94. The predicted molar refractivity (Wildman–Crippen MR) is 92.7 cm³/mol. The molecule has 0 aliphatic rings. The normalized spacial score (nSPS) is 11.1. The summed E-state index contributed by atoms with van der Waals surface area (Å²) in [6, 6.07) is 15.1. The Balaban J connectivity index is 2.00. The van der Waals surface area contributed by atoms with Gasteiger partial charge >= 0.3 is 0 Å². The summed E-state index contributed by atoms with van der Waals surface area (Å²) in [7, 11) is -2.16. The lowest BCUT2D eigenvalue weighted by Crippen LogP contribution is -2.38. The van der Waals surface area contributed by atoms with E-state index >= 15 is 0 Å². The van der Waals surface area contributed by atoms with Crippen molar-refractivity contribution in [2.75, 3.05) is 25.1 Å². The molecule has 0 unspecified atom stereocenters. The number of likely N-dealkylation sites (N-methyl/N-ethyl adjacent to an activating group) is 1. The standard InChI is InChI=1S/C17H20N2O4S/c1-3-23-15-9-11-16(12-10-15)24(21,22)18-13-17(20)19(2)14-7-5-4-6-8-14/h4-12,18H,3,13H2,1-2H3. The van der Waals surface area contributed by atoms with E-state index in [4.69, 9.17) is 4.74 Å². The Labute approximate surface area is 142 Å². The fourth-order valence-corrected chi connectivity index (χ4v) is 3.01. The van der Waals surface area contributed by atoms with Crippen molar-refractivity contribution in [3.05, 3.63) is 54.6 Å². The van der Waals surface area contributed by atoms with Crippen LogP contribution in [0.3, 0.4) is 0 Å². The Bertz CT molecular complexity index is 774. The summed E-state index contributed by atoms with van der Waals surface area (Å²) in [6.45, 7) is 2.03. The smallest absolute Gasteiger partial charge is 0.241 e. The number of ether oxygens (including phenoxy) is 1. The number of nitrogens with zero attached hydrogens (tertiary/aromatic N) is 1. The summed E-state index contributed by atoms with van der Waals surface area (Å²) in [5.74, 6) is 0.243. The van der Waals surface area contributed by atoms with Gasteiger partial charge in [0.2, 0.25) is 15.9 Å². The van der Waals surface area contributed by atoms with Crippen LogP contribution >= 0.6 is 0 Å². The van der Waals surface area contributed by atoms with Crippen molar-refractivity contribution in [1.82, 2.24) is 4.72 Å². The van der Waals surface area contributed by atoms with Crippen LogP contribution in [0.1, 0.15) is 6.92 Å². The van der Waals surface area contributed by atoms with Crippen LogP contribution in [0.15, 0.2) is 59.5 Å². The highest BCUT2D eigenvalue weighted by molar-refractivity contribution is 7.89. The Morgan fingerprint density at radius 1 is 1.08 bits per heavy atom. The molecule has 2 rings (SSSR count). The lowest BCUT2D eigenvalue weighted by Gasteiger charge is -2.17. The van der Waals surface area contributed by atoms with Gasteiger partial charge in [0.25, 0.3) is 0 Å². The van der Waals surface area contributed by atoms with Crippen LogP contribution in [-0.4, -0.2) is 34.5 Å². The van der Waals surface area contributed by atoms with E-state index in [9.17, 15) is 13.2 Å². The lowest BCUT2D eigenvalue weighted by atomic mass is 10.3. The van der Waals surface area contributed by atoms with E-state index < -0.39 is 10.0 Å². The van der Waals surface area contributed by atoms with Gasteiger partial charge in [0.15, 0.2) is 0 Å². The first-order valence-corrected chi connectivity index (χ1v) is 8.96. The topological polar surface area (TPSA) is 75.7 Å². The number of para-hydroxylation sites is 1. The Morgan fingerprint density at radius 3 is 2.29 bits per heavy atom. The molecule has 1 N–H and O–H groups in total. The van der Waals surface area contributed by atoms with Crippen molar-refractivity contribution < 1.29 is 17.9 Å². The summed E-state index contributed by atoms with van der Waals surface area (Å²) in [6.07, 6.45) is 0. The molecule has 0 spiro atoms.